The van der Waals surface area contributed by atoms with Crippen molar-refractivity contribution < 1.29 is 27.5 Å². The molecule has 3 rings (SSSR count). The van der Waals surface area contributed by atoms with Crippen molar-refractivity contribution in [3.63, 3.8) is 0 Å². The van der Waals surface area contributed by atoms with Crippen LogP contribution in [-0.2, 0) is 15.8 Å². The van der Waals surface area contributed by atoms with Crippen LogP contribution < -0.4 is 15.0 Å². The number of carbonyl (C=O) groups is 2. The molecule has 0 bridgehead atoms. The number of nitrogens with one attached hydrogen (secondary N) is 1. The van der Waals surface area contributed by atoms with Gasteiger partial charge in [0.05, 0.1) is 24.3 Å². The van der Waals surface area contributed by atoms with Gasteiger partial charge in [0, 0.05) is 24.7 Å². The van der Waals surface area contributed by atoms with Gasteiger partial charge in [0.1, 0.15) is 5.75 Å². The summed E-state index contributed by atoms with van der Waals surface area (Å²) < 4.78 is 44.7. The molecule has 1 saturated heterocycles. The molecule has 0 saturated carbocycles. The summed E-state index contributed by atoms with van der Waals surface area (Å²) >= 11 is 0. The van der Waals surface area contributed by atoms with Gasteiger partial charge in [-0.15, -0.1) is 0 Å². The zero-order valence-electron chi connectivity index (χ0n) is 14.4. The van der Waals surface area contributed by atoms with Crippen molar-refractivity contribution in [3.05, 3.63) is 54.1 Å². The maximum atomic E-state index is 13.2. The van der Waals surface area contributed by atoms with Crippen LogP contribution in [-0.4, -0.2) is 25.5 Å². The second-order valence-electron chi connectivity index (χ2n) is 6.14. The smallest absolute Gasteiger partial charge is 0.418 e. The Balaban J connectivity index is 1.77. The molecule has 27 heavy (non-hydrogen) atoms. The lowest BCUT2D eigenvalue weighted by Crippen LogP contribution is -2.29. The molecule has 1 heterocycles. The van der Waals surface area contributed by atoms with Crippen LogP contribution in [0, 0.1) is 5.92 Å². The topological polar surface area (TPSA) is 58.6 Å². The van der Waals surface area contributed by atoms with E-state index < -0.39 is 29.5 Å². The highest BCUT2D eigenvalue weighted by atomic mass is 19.4. The second kappa shape index (κ2) is 7.30. The molecule has 2 aromatic rings. The lowest BCUT2D eigenvalue weighted by molar-refractivity contribution is -0.137. The number of para-hydroxylation sites is 1. The Kier molecular flexibility index (Phi) is 5.07. The van der Waals surface area contributed by atoms with Crippen molar-refractivity contribution in [3.8, 4) is 5.75 Å². The third-order valence-corrected chi connectivity index (χ3v) is 4.33. The lowest BCUT2D eigenvalue weighted by atomic mass is 10.1. The summed E-state index contributed by atoms with van der Waals surface area (Å²) in [7, 11) is 1.49. The maximum Gasteiger partial charge on any atom is 0.418 e. The average Bonchev–Trinajstić information content (AvgIpc) is 3.03. The van der Waals surface area contributed by atoms with Crippen molar-refractivity contribution in [1.29, 1.82) is 0 Å². The number of alkyl halides is 3. The zero-order valence-corrected chi connectivity index (χ0v) is 14.4. The first kappa shape index (κ1) is 18.8. The van der Waals surface area contributed by atoms with Crippen LogP contribution in [0.1, 0.15) is 12.0 Å². The van der Waals surface area contributed by atoms with Gasteiger partial charge in [-0.2, -0.15) is 13.2 Å². The Morgan fingerprint density at radius 1 is 1.19 bits per heavy atom. The van der Waals surface area contributed by atoms with E-state index in [2.05, 4.69) is 5.32 Å². The van der Waals surface area contributed by atoms with Gasteiger partial charge in [0.15, 0.2) is 0 Å². The minimum Gasteiger partial charge on any atom is -0.497 e. The van der Waals surface area contributed by atoms with E-state index in [0.717, 1.165) is 11.0 Å². The number of anilines is 2. The van der Waals surface area contributed by atoms with Crippen LogP contribution in [0.5, 0.6) is 5.75 Å². The van der Waals surface area contributed by atoms with Crippen LogP contribution in [0.25, 0.3) is 0 Å². The summed E-state index contributed by atoms with van der Waals surface area (Å²) in [5, 5.41) is 2.68. The van der Waals surface area contributed by atoms with Gasteiger partial charge in [0.25, 0.3) is 0 Å². The molecule has 1 aliphatic rings. The van der Waals surface area contributed by atoms with E-state index in [4.69, 9.17) is 4.74 Å². The van der Waals surface area contributed by atoms with E-state index in [1.165, 1.54) is 25.3 Å². The number of amides is 2. The Morgan fingerprint density at radius 3 is 2.63 bits per heavy atom. The van der Waals surface area contributed by atoms with Gasteiger partial charge in [0.2, 0.25) is 11.8 Å². The molecule has 1 unspecified atom stereocenters. The first-order valence-corrected chi connectivity index (χ1v) is 8.21. The molecule has 1 aliphatic heterocycles. The predicted octanol–water partition coefficient (Wildman–Crippen LogP) is 3.71. The average molecular weight is 378 g/mol. The van der Waals surface area contributed by atoms with E-state index in [1.54, 1.807) is 24.3 Å². The molecule has 0 aliphatic carbocycles. The van der Waals surface area contributed by atoms with Crippen LogP contribution in [0.15, 0.2) is 48.5 Å². The molecule has 1 fully saturated rings. The summed E-state index contributed by atoms with van der Waals surface area (Å²) in [4.78, 5) is 25.8. The van der Waals surface area contributed by atoms with Crippen LogP contribution in [0.4, 0.5) is 24.5 Å². The monoisotopic (exact) mass is 378 g/mol. The first-order chi connectivity index (χ1) is 12.8. The van der Waals surface area contributed by atoms with Gasteiger partial charge < -0.3 is 15.0 Å². The number of rotatable bonds is 4. The van der Waals surface area contributed by atoms with Crippen LogP contribution in [0.2, 0.25) is 0 Å². The molecule has 2 aromatic carbocycles. The number of halogens is 3. The molecule has 1 N–H and O–H groups in total. The van der Waals surface area contributed by atoms with Gasteiger partial charge in [-0.25, -0.2) is 0 Å². The fraction of sp³-hybridized carbons (Fsp3) is 0.263. The highest BCUT2D eigenvalue weighted by molar-refractivity contribution is 6.04. The van der Waals surface area contributed by atoms with E-state index in [0.29, 0.717) is 11.4 Å². The van der Waals surface area contributed by atoms with E-state index in [1.807, 2.05) is 0 Å². The Labute approximate surface area is 153 Å². The highest BCUT2D eigenvalue weighted by Crippen LogP contribution is 2.38. The fourth-order valence-electron chi connectivity index (χ4n) is 3.01. The third kappa shape index (κ3) is 4.05. The SMILES string of the molecule is COc1cccc(NC(=O)C2CC(=O)N(c3ccccc3C(F)(F)F)C2)c1. The molecule has 0 aromatic heterocycles. The largest absolute Gasteiger partial charge is 0.497 e. The van der Waals surface area contributed by atoms with Gasteiger partial charge in [-0.1, -0.05) is 18.2 Å². The zero-order chi connectivity index (χ0) is 19.6. The van der Waals surface area contributed by atoms with Crippen molar-refractivity contribution in [1.82, 2.24) is 0 Å². The number of hydrogen-bond donors (Lipinski definition) is 1. The van der Waals surface area contributed by atoms with Crippen LogP contribution in [0.3, 0.4) is 0 Å². The highest BCUT2D eigenvalue weighted by Gasteiger charge is 2.40. The summed E-state index contributed by atoms with van der Waals surface area (Å²) in [5.74, 6) is -1.14. The fourth-order valence-corrected chi connectivity index (χ4v) is 3.01. The number of ether oxygens (including phenoxy) is 1. The number of hydrogen-bond acceptors (Lipinski definition) is 3. The van der Waals surface area contributed by atoms with Crippen molar-refractivity contribution >= 4 is 23.2 Å². The maximum absolute atomic E-state index is 13.2. The standard InChI is InChI=1S/C19H17F3N2O3/c1-27-14-6-4-5-13(10-14)23-18(26)12-9-17(25)24(11-12)16-8-3-2-7-15(16)19(20,21)22/h2-8,10,12H,9,11H2,1H3,(H,23,26). The number of benzene rings is 2. The van der Waals surface area contributed by atoms with Crippen molar-refractivity contribution in [2.24, 2.45) is 5.92 Å². The summed E-state index contributed by atoms with van der Waals surface area (Å²) in [6, 6.07) is 11.5. The number of carbonyl (C=O) groups excluding carboxylic acids is 2. The van der Waals surface area contributed by atoms with E-state index in [-0.39, 0.29) is 18.7 Å². The minimum absolute atomic E-state index is 0.109. The second-order valence-corrected chi connectivity index (χ2v) is 6.14. The molecule has 1 atom stereocenters. The first-order valence-electron chi connectivity index (χ1n) is 8.21. The Morgan fingerprint density at radius 2 is 1.93 bits per heavy atom. The number of nitrogens with zero attached hydrogens (tertiary/aromatic N) is 1. The van der Waals surface area contributed by atoms with Crippen molar-refractivity contribution in [2.45, 2.75) is 12.6 Å². The predicted molar refractivity (Wildman–Crippen MR) is 93.5 cm³/mol. The molecule has 142 valence electrons. The molecule has 8 heteroatoms. The molecule has 2 amide bonds. The summed E-state index contributed by atoms with van der Waals surface area (Å²) in [6.45, 7) is -0.109. The molecular weight excluding hydrogens is 361 g/mol. The number of methoxy groups -OCH3 is 1. The van der Waals surface area contributed by atoms with E-state index >= 15 is 0 Å². The van der Waals surface area contributed by atoms with Gasteiger partial charge in [-0.05, 0) is 24.3 Å². The van der Waals surface area contributed by atoms with Gasteiger partial charge in [-0.3, -0.25) is 9.59 Å². The Hall–Kier alpha value is -3.03. The molecule has 0 spiro atoms. The van der Waals surface area contributed by atoms with Crippen LogP contribution >= 0.6 is 0 Å². The quantitative estimate of drug-likeness (QED) is 0.883. The lowest BCUT2D eigenvalue weighted by Gasteiger charge is -2.21. The minimum atomic E-state index is -4.59. The molecule has 5 nitrogen and oxygen atoms in total. The summed E-state index contributed by atoms with van der Waals surface area (Å²) in [5.41, 5.74) is -0.639. The van der Waals surface area contributed by atoms with E-state index in [9.17, 15) is 22.8 Å². The Bertz CT molecular complexity index is 867. The summed E-state index contributed by atoms with van der Waals surface area (Å²) in [6.07, 6.45) is -4.74. The van der Waals surface area contributed by atoms with Gasteiger partial charge >= 0.3 is 6.18 Å². The normalized spacial score (nSPS) is 17.1. The third-order valence-electron chi connectivity index (χ3n) is 4.33. The van der Waals surface area contributed by atoms with Crippen molar-refractivity contribution in [2.75, 3.05) is 23.9 Å². The molecule has 0 radical (unpaired) electrons. The molecular formula is C19H17F3N2O3.